The summed E-state index contributed by atoms with van der Waals surface area (Å²) in [5, 5.41) is 3.98. The second kappa shape index (κ2) is 6.93. The maximum atomic E-state index is 3.98. The molecule has 1 aromatic carbocycles. The van der Waals surface area contributed by atoms with E-state index in [1.807, 2.05) is 0 Å². The van der Waals surface area contributed by atoms with Gasteiger partial charge < -0.3 is 5.32 Å². The number of piperidine rings is 1. The second-order valence-electron chi connectivity index (χ2n) is 6.72. The Kier molecular flexibility index (Phi) is 4.97. The normalized spacial score (nSPS) is 27.5. The monoisotopic (exact) mass is 286 g/mol. The van der Waals surface area contributed by atoms with Crippen LogP contribution in [0.1, 0.15) is 63.1 Å². The van der Waals surface area contributed by atoms with Crippen LogP contribution in [0.4, 0.5) is 0 Å². The Bertz CT molecular complexity index is 439. The Morgan fingerprint density at radius 3 is 2.62 bits per heavy atom. The molecule has 2 heterocycles. The molecule has 0 aromatic heterocycles. The number of fused-ring (bicyclic) bond motifs is 1. The van der Waals surface area contributed by atoms with E-state index in [4.69, 9.17) is 0 Å². The summed E-state index contributed by atoms with van der Waals surface area (Å²) >= 11 is 0. The number of rotatable bonds is 5. The lowest BCUT2D eigenvalue weighted by molar-refractivity contribution is 0.176. The summed E-state index contributed by atoms with van der Waals surface area (Å²) in [7, 11) is 0. The van der Waals surface area contributed by atoms with E-state index in [2.05, 4.69) is 48.3 Å². The van der Waals surface area contributed by atoms with Gasteiger partial charge in [0.05, 0.1) is 0 Å². The molecule has 3 unspecified atom stereocenters. The number of hydrogen-bond donors (Lipinski definition) is 1. The van der Waals surface area contributed by atoms with E-state index in [0.717, 1.165) is 12.5 Å². The lowest BCUT2D eigenvalue weighted by Crippen LogP contribution is -2.45. The van der Waals surface area contributed by atoms with E-state index in [1.54, 1.807) is 0 Å². The lowest BCUT2D eigenvalue weighted by atomic mass is 9.96. The van der Waals surface area contributed by atoms with Crippen LogP contribution in [-0.4, -0.2) is 30.1 Å². The first-order valence-corrected chi connectivity index (χ1v) is 8.90. The number of nitrogens with one attached hydrogen (secondary N) is 1. The number of nitrogens with zero attached hydrogens (tertiary/aromatic N) is 1. The summed E-state index contributed by atoms with van der Waals surface area (Å²) in [6.07, 6.45) is 7.84. The Hall–Kier alpha value is -0.860. The van der Waals surface area contributed by atoms with Gasteiger partial charge in [0, 0.05) is 24.7 Å². The van der Waals surface area contributed by atoms with Gasteiger partial charge in [0.1, 0.15) is 0 Å². The van der Waals surface area contributed by atoms with Crippen molar-refractivity contribution in [3.05, 3.63) is 35.4 Å². The maximum absolute atomic E-state index is 3.98. The molecule has 0 radical (unpaired) electrons. The molecule has 0 spiro atoms. The highest BCUT2D eigenvalue weighted by atomic mass is 15.2. The molecule has 2 aliphatic heterocycles. The van der Waals surface area contributed by atoms with Crippen molar-refractivity contribution in [1.82, 2.24) is 10.2 Å². The van der Waals surface area contributed by atoms with E-state index in [0.29, 0.717) is 12.1 Å². The molecule has 2 heteroatoms. The van der Waals surface area contributed by atoms with Crippen molar-refractivity contribution in [1.29, 1.82) is 0 Å². The molecule has 3 atom stereocenters. The molecule has 2 saturated heterocycles. The zero-order valence-corrected chi connectivity index (χ0v) is 13.6. The van der Waals surface area contributed by atoms with Gasteiger partial charge in [-0.05, 0) is 49.8 Å². The third kappa shape index (κ3) is 3.32. The summed E-state index contributed by atoms with van der Waals surface area (Å²) < 4.78 is 0. The minimum atomic E-state index is 0.516. The maximum Gasteiger partial charge on any atom is 0.0320 e. The quantitative estimate of drug-likeness (QED) is 0.882. The van der Waals surface area contributed by atoms with Crippen molar-refractivity contribution in [2.75, 3.05) is 13.1 Å². The van der Waals surface area contributed by atoms with Crippen LogP contribution in [0, 0.1) is 0 Å². The SMILES string of the molecule is CCc1ccc(C(CC)NC2CCN3CCCCC23)cc1. The van der Waals surface area contributed by atoms with Crippen molar-refractivity contribution in [3.63, 3.8) is 0 Å². The van der Waals surface area contributed by atoms with Crippen LogP contribution in [-0.2, 0) is 6.42 Å². The van der Waals surface area contributed by atoms with Gasteiger partial charge in [-0.3, -0.25) is 4.90 Å². The third-order valence-corrected chi connectivity index (χ3v) is 5.47. The van der Waals surface area contributed by atoms with Crippen LogP contribution in [0.25, 0.3) is 0 Å². The highest BCUT2D eigenvalue weighted by molar-refractivity contribution is 5.25. The minimum absolute atomic E-state index is 0.516. The molecule has 2 fully saturated rings. The topological polar surface area (TPSA) is 15.3 Å². The van der Waals surface area contributed by atoms with Crippen molar-refractivity contribution < 1.29 is 0 Å². The second-order valence-corrected chi connectivity index (χ2v) is 6.72. The fourth-order valence-corrected chi connectivity index (χ4v) is 4.14. The standard InChI is InChI=1S/C19H30N2/c1-3-15-8-10-16(11-9-15)17(4-2)20-18-12-14-21-13-6-5-7-19(18)21/h8-11,17-20H,3-7,12-14H2,1-2H3. The first-order valence-electron chi connectivity index (χ1n) is 8.90. The van der Waals surface area contributed by atoms with Gasteiger partial charge in [0.15, 0.2) is 0 Å². The summed E-state index contributed by atoms with van der Waals surface area (Å²) in [5.41, 5.74) is 2.90. The van der Waals surface area contributed by atoms with Gasteiger partial charge in [-0.1, -0.05) is 44.5 Å². The van der Waals surface area contributed by atoms with Crippen LogP contribution < -0.4 is 5.32 Å². The van der Waals surface area contributed by atoms with Crippen molar-refractivity contribution in [2.24, 2.45) is 0 Å². The Morgan fingerprint density at radius 2 is 1.90 bits per heavy atom. The predicted octanol–water partition coefficient (Wildman–Crippen LogP) is 3.92. The molecule has 0 saturated carbocycles. The molecule has 1 aromatic rings. The molecular formula is C19H30N2. The highest BCUT2D eigenvalue weighted by Gasteiger charge is 2.36. The molecule has 3 rings (SSSR count). The first kappa shape index (κ1) is 15.1. The molecule has 1 N–H and O–H groups in total. The molecule has 21 heavy (non-hydrogen) atoms. The Morgan fingerprint density at radius 1 is 1.10 bits per heavy atom. The molecule has 0 bridgehead atoms. The van der Waals surface area contributed by atoms with Crippen molar-refractivity contribution in [2.45, 2.75) is 70.5 Å². The average Bonchev–Trinajstić information content (AvgIpc) is 2.96. The van der Waals surface area contributed by atoms with Gasteiger partial charge in [-0.25, -0.2) is 0 Å². The van der Waals surface area contributed by atoms with Crippen LogP contribution in [0.5, 0.6) is 0 Å². The van der Waals surface area contributed by atoms with E-state index in [9.17, 15) is 0 Å². The van der Waals surface area contributed by atoms with Crippen LogP contribution >= 0.6 is 0 Å². The zero-order chi connectivity index (χ0) is 14.7. The number of hydrogen-bond acceptors (Lipinski definition) is 2. The number of aryl methyl sites for hydroxylation is 1. The highest BCUT2D eigenvalue weighted by Crippen LogP contribution is 2.29. The van der Waals surface area contributed by atoms with E-state index in [-0.39, 0.29) is 0 Å². The summed E-state index contributed by atoms with van der Waals surface area (Å²) in [5.74, 6) is 0. The van der Waals surface area contributed by atoms with E-state index in [1.165, 1.54) is 56.3 Å². The van der Waals surface area contributed by atoms with Gasteiger partial charge in [-0.2, -0.15) is 0 Å². The van der Waals surface area contributed by atoms with Gasteiger partial charge in [0.25, 0.3) is 0 Å². The minimum Gasteiger partial charge on any atom is -0.306 e. The molecule has 0 amide bonds. The van der Waals surface area contributed by atoms with E-state index >= 15 is 0 Å². The van der Waals surface area contributed by atoms with E-state index < -0.39 is 0 Å². The van der Waals surface area contributed by atoms with Crippen LogP contribution in [0.15, 0.2) is 24.3 Å². The molecule has 0 aliphatic carbocycles. The summed E-state index contributed by atoms with van der Waals surface area (Å²) in [6, 6.07) is 11.2. The number of benzene rings is 1. The fraction of sp³-hybridized carbons (Fsp3) is 0.684. The predicted molar refractivity (Wildman–Crippen MR) is 89.6 cm³/mol. The molecule has 116 valence electrons. The van der Waals surface area contributed by atoms with Crippen LogP contribution in [0.3, 0.4) is 0 Å². The fourth-order valence-electron chi connectivity index (χ4n) is 4.14. The average molecular weight is 286 g/mol. The molecule has 2 aliphatic rings. The first-order chi connectivity index (χ1) is 10.3. The summed E-state index contributed by atoms with van der Waals surface area (Å²) in [6.45, 7) is 7.15. The largest absolute Gasteiger partial charge is 0.306 e. The Balaban J connectivity index is 1.66. The van der Waals surface area contributed by atoms with Crippen molar-refractivity contribution in [3.8, 4) is 0 Å². The van der Waals surface area contributed by atoms with Crippen LogP contribution in [0.2, 0.25) is 0 Å². The van der Waals surface area contributed by atoms with Gasteiger partial charge in [0.2, 0.25) is 0 Å². The smallest absolute Gasteiger partial charge is 0.0320 e. The van der Waals surface area contributed by atoms with Crippen molar-refractivity contribution >= 4 is 0 Å². The van der Waals surface area contributed by atoms with Gasteiger partial charge in [-0.15, -0.1) is 0 Å². The zero-order valence-electron chi connectivity index (χ0n) is 13.6. The Labute approximate surface area is 129 Å². The summed E-state index contributed by atoms with van der Waals surface area (Å²) in [4.78, 5) is 2.72. The molecular weight excluding hydrogens is 256 g/mol. The third-order valence-electron chi connectivity index (χ3n) is 5.47. The molecule has 2 nitrogen and oxygen atoms in total. The lowest BCUT2D eigenvalue weighted by Gasteiger charge is -2.34. The van der Waals surface area contributed by atoms with Gasteiger partial charge >= 0.3 is 0 Å².